The third-order valence-corrected chi connectivity index (χ3v) is 4.23. The lowest BCUT2D eigenvalue weighted by atomic mass is 10.00. The normalized spacial score (nSPS) is 19.4. The first-order valence-electron chi connectivity index (χ1n) is 6.71. The van der Waals surface area contributed by atoms with Gasteiger partial charge in [-0.1, -0.05) is 11.6 Å². The molecule has 0 bridgehead atoms. The van der Waals surface area contributed by atoms with Gasteiger partial charge < -0.3 is 5.32 Å². The predicted octanol–water partition coefficient (Wildman–Crippen LogP) is 2.70. The molecule has 1 atom stereocenters. The van der Waals surface area contributed by atoms with Crippen LogP contribution >= 0.6 is 23.2 Å². The van der Waals surface area contributed by atoms with Gasteiger partial charge in [-0.3, -0.25) is 9.36 Å². The fourth-order valence-corrected chi connectivity index (χ4v) is 3.07. The quantitative estimate of drug-likeness (QED) is 0.867. The van der Waals surface area contributed by atoms with Gasteiger partial charge in [0.25, 0.3) is 5.56 Å². The molecule has 0 radical (unpaired) electrons. The zero-order chi connectivity index (χ0) is 14.1. The molecule has 1 aromatic heterocycles. The maximum absolute atomic E-state index is 12.5. The molecule has 20 heavy (non-hydrogen) atoms. The highest BCUT2D eigenvalue weighted by atomic mass is 35.5. The standard InChI is InChI=1S/C14H15Cl2N3O/c15-10-3-4-11-12(6-10)18-14(16)19(13(11)20)8-9-2-1-5-17-7-9/h3-4,6,9,17H,1-2,5,7-8H2. The Morgan fingerprint density at radius 3 is 3.00 bits per heavy atom. The second-order valence-electron chi connectivity index (χ2n) is 5.17. The van der Waals surface area contributed by atoms with Crippen molar-refractivity contribution < 1.29 is 0 Å². The first-order chi connectivity index (χ1) is 9.65. The Morgan fingerprint density at radius 2 is 2.25 bits per heavy atom. The van der Waals surface area contributed by atoms with Gasteiger partial charge in [0, 0.05) is 11.6 Å². The van der Waals surface area contributed by atoms with E-state index in [4.69, 9.17) is 23.2 Å². The highest BCUT2D eigenvalue weighted by molar-refractivity contribution is 6.31. The summed E-state index contributed by atoms with van der Waals surface area (Å²) < 4.78 is 1.56. The smallest absolute Gasteiger partial charge is 0.262 e. The highest BCUT2D eigenvalue weighted by Crippen LogP contribution is 2.19. The second kappa shape index (κ2) is 5.72. The zero-order valence-electron chi connectivity index (χ0n) is 10.9. The third-order valence-electron chi connectivity index (χ3n) is 3.71. The van der Waals surface area contributed by atoms with Gasteiger partial charge in [-0.2, -0.15) is 0 Å². The molecular weight excluding hydrogens is 297 g/mol. The van der Waals surface area contributed by atoms with E-state index in [-0.39, 0.29) is 10.8 Å². The second-order valence-corrected chi connectivity index (χ2v) is 5.94. The molecular formula is C14H15Cl2N3O. The number of aromatic nitrogens is 2. The zero-order valence-corrected chi connectivity index (χ0v) is 12.4. The van der Waals surface area contributed by atoms with Gasteiger partial charge in [0.2, 0.25) is 5.28 Å². The van der Waals surface area contributed by atoms with Crippen LogP contribution in [0.3, 0.4) is 0 Å². The SMILES string of the molecule is O=c1c2ccc(Cl)cc2nc(Cl)n1CC1CCCNC1. The van der Waals surface area contributed by atoms with Crippen LogP contribution in [0.2, 0.25) is 10.3 Å². The molecule has 1 unspecified atom stereocenters. The van der Waals surface area contributed by atoms with E-state index in [0.29, 0.717) is 28.4 Å². The molecule has 106 valence electrons. The maximum Gasteiger partial charge on any atom is 0.262 e. The largest absolute Gasteiger partial charge is 0.316 e. The van der Waals surface area contributed by atoms with Crippen molar-refractivity contribution in [3.8, 4) is 0 Å². The Labute approximate surface area is 126 Å². The molecule has 1 aliphatic rings. The first-order valence-corrected chi connectivity index (χ1v) is 7.47. The molecule has 1 aromatic carbocycles. The van der Waals surface area contributed by atoms with Crippen LogP contribution in [0.4, 0.5) is 0 Å². The molecule has 6 heteroatoms. The molecule has 4 nitrogen and oxygen atoms in total. The Balaban J connectivity index is 2.02. The van der Waals surface area contributed by atoms with Crippen molar-refractivity contribution in [2.45, 2.75) is 19.4 Å². The summed E-state index contributed by atoms with van der Waals surface area (Å²) in [6.45, 7) is 2.57. The molecule has 1 fully saturated rings. The average molecular weight is 312 g/mol. The van der Waals surface area contributed by atoms with Crippen LogP contribution in [-0.4, -0.2) is 22.6 Å². The summed E-state index contributed by atoms with van der Waals surface area (Å²) in [7, 11) is 0. The van der Waals surface area contributed by atoms with Crippen molar-refractivity contribution in [3.05, 3.63) is 38.9 Å². The number of benzene rings is 1. The molecule has 1 saturated heterocycles. The number of hydrogen-bond acceptors (Lipinski definition) is 3. The fourth-order valence-electron chi connectivity index (χ4n) is 2.66. The molecule has 0 saturated carbocycles. The van der Waals surface area contributed by atoms with Gasteiger partial charge in [0.05, 0.1) is 10.9 Å². The topological polar surface area (TPSA) is 46.9 Å². The number of piperidine rings is 1. The average Bonchev–Trinajstić information content (AvgIpc) is 2.44. The molecule has 0 spiro atoms. The van der Waals surface area contributed by atoms with E-state index in [2.05, 4.69) is 10.3 Å². The van der Waals surface area contributed by atoms with Crippen LogP contribution in [0, 0.1) is 5.92 Å². The van der Waals surface area contributed by atoms with E-state index >= 15 is 0 Å². The number of nitrogens with zero attached hydrogens (tertiary/aromatic N) is 2. The van der Waals surface area contributed by atoms with Gasteiger partial charge in [0.15, 0.2) is 0 Å². The van der Waals surface area contributed by atoms with E-state index in [1.165, 1.54) is 0 Å². The van der Waals surface area contributed by atoms with Crippen LogP contribution < -0.4 is 10.9 Å². The van der Waals surface area contributed by atoms with E-state index in [0.717, 1.165) is 25.9 Å². The van der Waals surface area contributed by atoms with Crippen LogP contribution in [-0.2, 0) is 6.54 Å². The summed E-state index contributed by atoms with van der Waals surface area (Å²) in [5, 5.41) is 4.68. The van der Waals surface area contributed by atoms with Crippen molar-refractivity contribution in [2.75, 3.05) is 13.1 Å². The van der Waals surface area contributed by atoms with Gasteiger partial charge in [-0.25, -0.2) is 4.98 Å². The fraction of sp³-hybridized carbons (Fsp3) is 0.429. The summed E-state index contributed by atoms with van der Waals surface area (Å²) in [5.41, 5.74) is 0.452. The molecule has 3 rings (SSSR count). The maximum atomic E-state index is 12.5. The van der Waals surface area contributed by atoms with Crippen molar-refractivity contribution in [2.24, 2.45) is 5.92 Å². The number of fused-ring (bicyclic) bond motifs is 1. The van der Waals surface area contributed by atoms with Gasteiger partial charge in [-0.05, 0) is 61.6 Å². The molecule has 1 N–H and O–H groups in total. The third kappa shape index (κ3) is 2.68. The van der Waals surface area contributed by atoms with Gasteiger partial charge >= 0.3 is 0 Å². The monoisotopic (exact) mass is 311 g/mol. The molecule has 0 amide bonds. The van der Waals surface area contributed by atoms with Crippen LogP contribution in [0.5, 0.6) is 0 Å². The lowest BCUT2D eigenvalue weighted by Crippen LogP contribution is -2.35. The Morgan fingerprint density at radius 1 is 1.40 bits per heavy atom. The van der Waals surface area contributed by atoms with Crippen molar-refractivity contribution in [1.29, 1.82) is 0 Å². The molecule has 2 aromatic rings. The van der Waals surface area contributed by atoms with Crippen LogP contribution in [0.15, 0.2) is 23.0 Å². The van der Waals surface area contributed by atoms with E-state index in [1.807, 2.05) is 0 Å². The minimum Gasteiger partial charge on any atom is -0.316 e. The first kappa shape index (κ1) is 13.9. The van der Waals surface area contributed by atoms with E-state index in [1.54, 1.807) is 22.8 Å². The number of halogens is 2. The molecule has 2 heterocycles. The Bertz CT molecular complexity index is 693. The number of rotatable bonds is 2. The highest BCUT2D eigenvalue weighted by Gasteiger charge is 2.17. The minimum atomic E-state index is -0.0951. The Kier molecular flexibility index (Phi) is 3.96. The summed E-state index contributed by atoms with van der Waals surface area (Å²) in [6, 6.07) is 5.07. The van der Waals surface area contributed by atoms with Crippen LogP contribution in [0.25, 0.3) is 10.9 Å². The van der Waals surface area contributed by atoms with Gasteiger partial charge in [-0.15, -0.1) is 0 Å². The minimum absolute atomic E-state index is 0.0951. The molecule has 1 aliphatic heterocycles. The lowest BCUT2D eigenvalue weighted by molar-refractivity contribution is 0.333. The van der Waals surface area contributed by atoms with E-state index in [9.17, 15) is 4.79 Å². The predicted molar refractivity (Wildman–Crippen MR) is 81.6 cm³/mol. The number of hydrogen-bond donors (Lipinski definition) is 1. The van der Waals surface area contributed by atoms with Gasteiger partial charge in [0.1, 0.15) is 0 Å². The molecule has 0 aliphatic carbocycles. The summed E-state index contributed by atoms with van der Waals surface area (Å²) >= 11 is 12.1. The summed E-state index contributed by atoms with van der Waals surface area (Å²) in [5.74, 6) is 0.422. The number of nitrogens with one attached hydrogen (secondary N) is 1. The lowest BCUT2D eigenvalue weighted by Gasteiger charge is -2.23. The Hall–Kier alpha value is -1.10. The van der Waals surface area contributed by atoms with Crippen molar-refractivity contribution >= 4 is 34.1 Å². The van der Waals surface area contributed by atoms with E-state index < -0.39 is 0 Å². The van der Waals surface area contributed by atoms with Crippen molar-refractivity contribution in [3.63, 3.8) is 0 Å². The van der Waals surface area contributed by atoms with Crippen LogP contribution in [0.1, 0.15) is 12.8 Å². The van der Waals surface area contributed by atoms with Crippen molar-refractivity contribution in [1.82, 2.24) is 14.9 Å². The summed E-state index contributed by atoms with van der Waals surface area (Å²) in [4.78, 5) is 16.8. The summed E-state index contributed by atoms with van der Waals surface area (Å²) in [6.07, 6.45) is 2.24.